The second-order valence-corrected chi connectivity index (χ2v) is 7.19. The smallest absolute Gasteiger partial charge is 0.276 e. The first-order valence-corrected chi connectivity index (χ1v) is 8.31. The monoisotopic (exact) mass is 333 g/mol. The van der Waals surface area contributed by atoms with Gasteiger partial charge in [-0.2, -0.15) is 0 Å². The van der Waals surface area contributed by atoms with Crippen molar-refractivity contribution in [3.8, 4) is 0 Å². The van der Waals surface area contributed by atoms with E-state index in [9.17, 15) is 23.3 Å². The fourth-order valence-electron chi connectivity index (χ4n) is 2.16. The van der Waals surface area contributed by atoms with Gasteiger partial charge in [0.2, 0.25) is 0 Å². The fraction of sp³-hybridized carbons (Fsp3) is 0.462. The Kier molecular flexibility index (Phi) is 5.47. The number of sulfone groups is 1. The number of carbonyl (C=O) groups is 1. The van der Waals surface area contributed by atoms with Crippen LogP contribution in [0.2, 0.25) is 0 Å². The van der Waals surface area contributed by atoms with E-state index in [1.807, 2.05) is 0 Å². The van der Waals surface area contributed by atoms with Crippen LogP contribution in [0.3, 0.4) is 0 Å². The SMILES string of the molecule is CCC(CC)S(=O)(=O)c1cc(C)c(C(=O)Cl)cc1[N+](=O)[O-]. The van der Waals surface area contributed by atoms with E-state index in [1.165, 1.54) is 6.92 Å². The predicted molar refractivity (Wildman–Crippen MR) is 79.6 cm³/mol. The average molecular weight is 334 g/mol. The van der Waals surface area contributed by atoms with Crippen molar-refractivity contribution in [2.24, 2.45) is 0 Å². The number of nitrogens with zero attached hydrogens (tertiary/aromatic N) is 1. The molecule has 0 heterocycles. The number of nitro benzene ring substituents is 1. The molecule has 1 aromatic rings. The summed E-state index contributed by atoms with van der Waals surface area (Å²) in [6, 6.07) is 2.08. The largest absolute Gasteiger partial charge is 0.288 e. The molecule has 0 saturated carbocycles. The lowest BCUT2D eigenvalue weighted by Gasteiger charge is -2.15. The van der Waals surface area contributed by atoms with Crippen LogP contribution < -0.4 is 0 Å². The maximum absolute atomic E-state index is 12.5. The zero-order chi connectivity index (χ0) is 16.4. The minimum absolute atomic E-state index is 0.0631. The molecule has 0 radical (unpaired) electrons. The summed E-state index contributed by atoms with van der Waals surface area (Å²) in [7, 11) is -3.84. The third kappa shape index (κ3) is 3.41. The summed E-state index contributed by atoms with van der Waals surface area (Å²) >= 11 is 5.36. The molecule has 116 valence electrons. The normalized spacial score (nSPS) is 11.7. The van der Waals surface area contributed by atoms with Gasteiger partial charge >= 0.3 is 0 Å². The van der Waals surface area contributed by atoms with E-state index in [1.54, 1.807) is 13.8 Å². The van der Waals surface area contributed by atoms with Crippen molar-refractivity contribution in [1.29, 1.82) is 0 Å². The molecular formula is C13H16ClNO5S. The molecule has 0 aromatic heterocycles. The zero-order valence-corrected chi connectivity index (χ0v) is 13.5. The first-order chi connectivity index (χ1) is 9.66. The highest BCUT2D eigenvalue weighted by molar-refractivity contribution is 7.92. The molecule has 0 saturated heterocycles. The van der Waals surface area contributed by atoms with Crippen LogP contribution in [-0.2, 0) is 9.84 Å². The van der Waals surface area contributed by atoms with E-state index in [0.717, 1.165) is 12.1 Å². The van der Waals surface area contributed by atoms with Crippen LogP contribution in [0.5, 0.6) is 0 Å². The molecule has 0 spiro atoms. The lowest BCUT2D eigenvalue weighted by Crippen LogP contribution is -2.21. The van der Waals surface area contributed by atoms with Gasteiger partial charge in [-0.25, -0.2) is 8.42 Å². The summed E-state index contributed by atoms with van der Waals surface area (Å²) < 4.78 is 25.1. The third-order valence-electron chi connectivity index (χ3n) is 3.37. The molecule has 21 heavy (non-hydrogen) atoms. The molecule has 0 unspecified atom stereocenters. The van der Waals surface area contributed by atoms with E-state index in [4.69, 9.17) is 11.6 Å². The summed E-state index contributed by atoms with van der Waals surface area (Å²) in [4.78, 5) is 21.2. The number of hydrogen-bond donors (Lipinski definition) is 0. The molecule has 0 fully saturated rings. The van der Waals surface area contributed by atoms with Crippen LogP contribution in [0.15, 0.2) is 17.0 Å². The number of hydrogen-bond acceptors (Lipinski definition) is 5. The van der Waals surface area contributed by atoms with E-state index in [0.29, 0.717) is 18.4 Å². The number of halogens is 1. The topological polar surface area (TPSA) is 94.3 Å². The average Bonchev–Trinajstić information content (AvgIpc) is 2.38. The number of aryl methyl sites for hydroxylation is 1. The quantitative estimate of drug-likeness (QED) is 0.452. The molecule has 1 aromatic carbocycles. The van der Waals surface area contributed by atoms with E-state index in [2.05, 4.69) is 0 Å². The van der Waals surface area contributed by atoms with Crippen molar-refractivity contribution >= 4 is 32.4 Å². The summed E-state index contributed by atoms with van der Waals surface area (Å²) in [5, 5.41) is 9.58. The van der Waals surface area contributed by atoms with Crippen LogP contribution in [0.25, 0.3) is 0 Å². The minimum Gasteiger partial charge on any atom is -0.276 e. The van der Waals surface area contributed by atoms with Crippen molar-refractivity contribution in [3.05, 3.63) is 33.4 Å². The molecule has 6 nitrogen and oxygen atoms in total. The Morgan fingerprint density at radius 2 is 1.86 bits per heavy atom. The van der Waals surface area contributed by atoms with Crippen LogP contribution in [0, 0.1) is 17.0 Å². The van der Waals surface area contributed by atoms with Gasteiger partial charge in [0.25, 0.3) is 10.9 Å². The van der Waals surface area contributed by atoms with E-state index in [-0.39, 0.29) is 10.5 Å². The Bertz CT molecular complexity index is 680. The standard InChI is InChI=1S/C13H16ClNO5S/c1-4-9(5-2)21(19,20)12-6-8(3)10(13(14)16)7-11(12)15(17)18/h6-7,9H,4-5H2,1-3H3. The maximum atomic E-state index is 12.5. The van der Waals surface area contributed by atoms with Gasteiger partial charge in [-0.15, -0.1) is 0 Å². The van der Waals surface area contributed by atoms with Gasteiger partial charge in [-0.1, -0.05) is 13.8 Å². The van der Waals surface area contributed by atoms with Crippen molar-refractivity contribution in [2.75, 3.05) is 0 Å². The van der Waals surface area contributed by atoms with Crippen molar-refractivity contribution in [1.82, 2.24) is 0 Å². The van der Waals surface area contributed by atoms with E-state index < -0.39 is 30.9 Å². The van der Waals surface area contributed by atoms with Gasteiger partial charge in [0.1, 0.15) is 4.90 Å². The Morgan fingerprint density at radius 1 is 1.33 bits per heavy atom. The highest BCUT2D eigenvalue weighted by atomic mass is 35.5. The molecule has 0 aliphatic heterocycles. The van der Waals surface area contributed by atoms with Gasteiger partial charge in [0.15, 0.2) is 9.84 Å². The highest BCUT2D eigenvalue weighted by Crippen LogP contribution is 2.32. The molecule has 0 amide bonds. The number of carbonyl (C=O) groups excluding carboxylic acids is 1. The molecule has 1 rings (SSSR count). The molecule has 8 heteroatoms. The molecule has 0 aliphatic carbocycles. The fourth-order valence-corrected chi connectivity index (χ4v) is 4.37. The van der Waals surface area contributed by atoms with E-state index >= 15 is 0 Å². The summed E-state index contributed by atoms with van der Waals surface area (Å²) in [6.45, 7) is 4.91. The molecule has 0 aliphatic rings. The minimum atomic E-state index is -3.84. The summed E-state index contributed by atoms with van der Waals surface area (Å²) in [5.41, 5.74) is -0.381. The molecule has 0 bridgehead atoms. The third-order valence-corrected chi connectivity index (χ3v) is 6.06. The Balaban J connectivity index is 3.67. The maximum Gasteiger partial charge on any atom is 0.288 e. The highest BCUT2D eigenvalue weighted by Gasteiger charge is 2.33. The van der Waals surface area contributed by atoms with Gasteiger partial charge < -0.3 is 0 Å². The zero-order valence-electron chi connectivity index (χ0n) is 11.9. The molecular weight excluding hydrogens is 318 g/mol. The number of rotatable bonds is 6. The van der Waals surface area contributed by atoms with Crippen LogP contribution in [0.4, 0.5) is 5.69 Å². The lowest BCUT2D eigenvalue weighted by molar-refractivity contribution is -0.387. The number of benzene rings is 1. The lowest BCUT2D eigenvalue weighted by atomic mass is 10.1. The molecule has 0 atom stereocenters. The molecule has 0 N–H and O–H groups in total. The van der Waals surface area contributed by atoms with Gasteiger partial charge in [0.05, 0.1) is 10.2 Å². The summed E-state index contributed by atoms with van der Waals surface area (Å²) in [6.07, 6.45) is 0.705. The predicted octanol–water partition coefficient (Wildman–Crippen LogP) is 3.24. The van der Waals surface area contributed by atoms with Crippen molar-refractivity contribution in [3.63, 3.8) is 0 Å². The van der Waals surface area contributed by atoms with Crippen molar-refractivity contribution in [2.45, 2.75) is 43.8 Å². The van der Waals surface area contributed by atoms with Gasteiger partial charge in [0, 0.05) is 11.6 Å². The van der Waals surface area contributed by atoms with Gasteiger partial charge in [-0.3, -0.25) is 14.9 Å². The summed E-state index contributed by atoms with van der Waals surface area (Å²) in [5.74, 6) is 0. The second-order valence-electron chi connectivity index (χ2n) is 4.65. The first-order valence-electron chi connectivity index (χ1n) is 6.39. The van der Waals surface area contributed by atoms with Crippen LogP contribution in [-0.4, -0.2) is 23.8 Å². The number of nitro groups is 1. The van der Waals surface area contributed by atoms with Crippen LogP contribution >= 0.6 is 11.6 Å². The first kappa shape index (κ1) is 17.6. The Morgan fingerprint density at radius 3 is 2.24 bits per heavy atom. The second kappa shape index (κ2) is 6.53. The van der Waals surface area contributed by atoms with Crippen molar-refractivity contribution < 1.29 is 18.1 Å². The van der Waals surface area contributed by atoms with Gasteiger partial charge in [-0.05, 0) is 43.0 Å². The Hall–Kier alpha value is -1.47. The van der Waals surface area contributed by atoms with Crippen LogP contribution in [0.1, 0.15) is 42.6 Å². The Labute approximate surface area is 128 Å².